The first-order chi connectivity index (χ1) is 14.4. The zero-order valence-electron chi connectivity index (χ0n) is 16.8. The molecule has 30 heavy (non-hydrogen) atoms. The Morgan fingerprint density at radius 3 is 2.50 bits per heavy atom. The van der Waals surface area contributed by atoms with Crippen LogP contribution in [0.25, 0.3) is 0 Å². The summed E-state index contributed by atoms with van der Waals surface area (Å²) in [7, 11) is -3.59. The van der Waals surface area contributed by atoms with Gasteiger partial charge in [-0.25, -0.2) is 8.42 Å². The third kappa shape index (κ3) is 4.54. The maximum Gasteiger partial charge on any atom is 0.243 e. The molecule has 2 saturated heterocycles. The van der Waals surface area contributed by atoms with Gasteiger partial charge in [-0.2, -0.15) is 4.31 Å². The summed E-state index contributed by atoms with van der Waals surface area (Å²) in [5.41, 5.74) is 1.13. The highest BCUT2D eigenvalue weighted by Crippen LogP contribution is 2.24. The Labute approximate surface area is 183 Å². The van der Waals surface area contributed by atoms with Crippen molar-refractivity contribution in [1.82, 2.24) is 14.1 Å². The Morgan fingerprint density at radius 1 is 0.933 bits per heavy atom. The molecule has 0 unspecified atom stereocenters. The normalized spacial score (nSPS) is 21.7. The van der Waals surface area contributed by atoms with Crippen molar-refractivity contribution in [3.63, 3.8) is 0 Å². The minimum atomic E-state index is -3.59. The molecule has 2 aromatic rings. The summed E-state index contributed by atoms with van der Waals surface area (Å²) in [6, 6.07) is 16.2. The van der Waals surface area contributed by atoms with Gasteiger partial charge in [0.05, 0.1) is 10.9 Å². The third-order valence-corrected chi connectivity index (χ3v) is 7.98. The fraction of sp³-hybridized carbons (Fsp3) is 0.409. The Morgan fingerprint density at radius 2 is 1.73 bits per heavy atom. The molecule has 2 aromatic carbocycles. The molecule has 0 saturated carbocycles. The molecule has 0 aromatic heterocycles. The van der Waals surface area contributed by atoms with Gasteiger partial charge in [0.2, 0.25) is 15.9 Å². The van der Waals surface area contributed by atoms with Gasteiger partial charge in [-0.3, -0.25) is 9.69 Å². The van der Waals surface area contributed by atoms with Crippen LogP contribution in [-0.2, 0) is 21.4 Å². The first kappa shape index (κ1) is 21.3. The summed E-state index contributed by atoms with van der Waals surface area (Å²) < 4.78 is 27.5. The Hall–Kier alpha value is -1.93. The van der Waals surface area contributed by atoms with Crippen molar-refractivity contribution in [2.24, 2.45) is 0 Å². The zero-order chi connectivity index (χ0) is 21.1. The molecule has 0 spiro atoms. The SMILES string of the molecule is O=C1[C@@H](N2CCCN(S(=O)(=O)c3cccc(Cl)c3)CC2)CCN1Cc1ccccc1. The van der Waals surface area contributed by atoms with Crippen LogP contribution in [0.5, 0.6) is 0 Å². The molecule has 0 radical (unpaired) electrons. The van der Waals surface area contributed by atoms with Gasteiger partial charge < -0.3 is 4.90 Å². The molecule has 2 heterocycles. The molecule has 4 rings (SSSR count). The lowest BCUT2D eigenvalue weighted by molar-refractivity contribution is -0.132. The topological polar surface area (TPSA) is 60.9 Å². The summed E-state index contributed by atoms with van der Waals surface area (Å²) >= 11 is 5.99. The number of likely N-dealkylation sites (tertiary alicyclic amines) is 1. The molecule has 8 heteroatoms. The molecule has 0 bridgehead atoms. The summed E-state index contributed by atoms with van der Waals surface area (Å²) in [6.45, 7) is 3.45. The van der Waals surface area contributed by atoms with Crippen LogP contribution >= 0.6 is 11.6 Å². The first-order valence-electron chi connectivity index (χ1n) is 10.3. The van der Waals surface area contributed by atoms with E-state index in [0.29, 0.717) is 37.6 Å². The minimum absolute atomic E-state index is 0.144. The molecule has 2 fully saturated rings. The van der Waals surface area contributed by atoms with Crippen molar-refractivity contribution in [2.75, 3.05) is 32.7 Å². The number of sulfonamides is 1. The van der Waals surface area contributed by atoms with Gasteiger partial charge in [0, 0.05) is 44.3 Å². The molecule has 6 nitrogen and oxygen atoms in total. The number of carbonyl (C=O) groups is 1. The van der Waals surface area contributed by atoms with E-state index in [2.05, 4.69) is 4.90 Å². The Kier molecular flexibility index (Phi) is 6.43. The lowest BCUT2D eigenvalue weighted by atomic mass is 10.2. The van der Waals surface area contributed by atoms with E-state index in [4.69, 9.17) is 11.6 Å². The minimum Gasteiger partial charge on any atom is -0.337 e. The van der Waals surface area contributed by atoms with E-state index in [1.54, 1.807) is 18.2 Å². The number of rotatable bonds is 5. The summed E-state index contributed by atoms with van der Waals surface area (Å²) in [4.78, 5) is 17.3. The van der Waals surface area contributed by atoms with Crippen LogP contribution in [0.3, 0.4) is 0 Å². The van der Waals surface area contributed by atoms with Gasteiger partial charge in [0.25, 0.3) is 0 Å². The molecular weight excluding hydrogens is 422 g/mol. The second-order valence-corrected chi connectivity index (χ2v) is 10.2. The van der Waals surface area contributed by atoms with Crippen molar-refractivity contribution in [3.8, 4) is 0 Å². The summed E-state index contributed by atoms with van der Waals surface area (Å²) in [5.74, 6) is 0.144. The van der Waals surface area contributed by atoms with Gasteiger partial charge in [0.15, 0.2) is 0 Å². The number of nitrogens with zero attached hydrogens (tertiary/aromatic N) is 3. The van der Waals surface area contributed by atoms with Gasteiger partial charge in [-0.1, -0.05) is 48.0 Å². The number of benzene rings is 2. The molecule has 0 N–H and O–H groups in total. The van der Waals surface area contributed by atoms with E-state index in [-0.39, 0.29) is 16.8 Å². The van der Waals surface area contributed by atoms with Crippen LogP contribution in [0.4, 0.5) is 0 Å². The summed E-state index contributed by atoms with van der Waals surface area (Å²) in [6.07, 6.45) is 1.48. The smallest absolute Gasteiger partial charge is 0.243 e. The second kappa shape index (κ2) is 9.06. The van der Waals surface area contributed by atoms with Crippen LogP contribution < -0.4 is 0 Å². The van der Waals surface area contributed by atoms with Gasteiger partial charge in [-0.05, 0) is 36.6 Å². The highest BCUT2D eigenvalue weighted by Gasteiger charge is 2.37. The van der Waals surface area contributed by atoms with Crippen LogP contribution in [0.15, 0.2) is 59.5 Å². The average molecular weight is 448 g/mol. The third-order valence-electron chi connectivity index (χ3n) is 5.85. The van der Waals surface area contributed by atoms with Crippen LogP contribution in [0.1, 0.15) is 18.4 Å². The molecule has 1 amide bonds. The Bertz CT molecular complexity index is 1000. The highest BCUT2D eigenvalue weighted by molar-refractivity contribution is 7.89. The molecule has 160 valence electrons. The lowest BCUT2D eigenvalue weighted by Crippen LogP contribution is -2.44. The van der Waals surface area contributed by atoms with Crippen molar-refractivity contribution in [2.45, 2.75) is 30.3 Å². The monoisotopic (exact) mass is 447 g/mol. The second-order valence-electron chi connectivity index (χ2n) is 7.80. The fourth-order valence-electron chi connectivity index (χ4n) is 4.26. The molecular formula is C22H26ClN3O3S. The molecule has 1 atom stereocenters. The molecule has 2 aliphatic rings. The van der Waals surface area contributed by atoms with Gasteiger partial charge in [0.1, 0.15) is 0 Å². The number of carbonyl (C=O) groups excluding carboxylic acids is 1. The van der Waals surface area contributed by atoms with E-state index in [0.717, 1.165) is 25.1 Å². The van der Waals surface area contributed by atoms with Crippen LogP contribution in [-0.4, -0.2) is 67.2 Å². The van der Waals surface area contributed by atoms with E-state index in [9.17, 15) is 13.2 Å². The quantitative estimate of drug-likeness (QED) is 0.707. The number of halogens is 1. The Balaban J connectivity index is 1.40. The predicted molar refractivity (Wildman–Crippen MR) is 117 cm³/mol. The van der Waals surface area contributed by atoms with E-state index >= 15 is 0 Å². The van der Waals surface area contributed by atoms with Gasteiger partial charge >= 0.3 is 0 Å². The number of hydrogen-bond donors (Lipinski definition) is 0. The van der Waals surface area contributed by atoms with Gasteiger partial charge in [-0.15, -0.1) is 0 Å². The summed E-state index contributed by atoms with van der Waals surface area (Å²) in [5, 5.41) is 0.405. The van der Waals surface area contributed by atoms with Crippen molar-refractivity contribution < 1.29 is 13.2 Å². The van der Waals surface area contributed by atoms with Crippen molar-refractivity contribution in [1.29, 1.82) is 0 Å². The average Bonchev–Trinajstić information content (AvgIpc) is 2.94. The zero-order valence-corrected chi connectivity index (χ0v) is 18.4. The van der Waals surface area contributed by atoms with E-state index < -0.39 is 10.0 Å². The highest BCUT2D eigenvalue weighted by atomic mass is 35.5. The maximum atomic E-state index is 13.0. The van der Waals surface area contributed by atoms with Crippen LogP contribution in [0, 0.1) is 0 Å². The predicted octanol–water partition coefficient (Wildman–Crippen LogP) is 2.84. The number of amides is 1. The van der Waals surface area contributed by atoms with E-state index in [1.165, 1.54) is 10.4 Å². The largest absolute Gasteiger partial charge is 0.337 e. The maximum absolute atomic E-state index is 13.0. The number of hydrogen-bond acceptors (Lipinski definition) is 4. The first-order valence-corrected chi connectivity index (χ1v) is 12.1. The van der Waals surface area contributed by atoms with E-state index in [1.807, 2.05) is 35.2 Å². The molecule has 2 aliphatic heterocycles. The fourth-order valence-corrected chi connectivity index (χ4v) is 6.04. The molecule has 0 aliphatic carbocycles. The van der Waals surface area contributed by atoms with Crippen molar-refractivity contribution in [3.05, 3.63) is 65.2 Å². The standard InChI is InChI=1S/C22H26ClN3O3S/c23-19-8-4-9-20(16-19)30(28,29)26-12-5-11-24(14-15-26)21-10-13-25(22(21)27)17-18-6-2-1-3-7-18/h1-4,6-9,16,21H,5,10-15,17H2/t21-/m0/s1. The van der Waals surface area contributed by atoms with Crippen LogP contribution in [0.2, 0.25) is 5.02 Å². The van der Waals surface area contributed by atoms with Crippen molar-refractivity contribution >= 4 is 27.5 Å². The lowest BCUT2D eigenvalue weighted by Gasteiger charge is -2.26.